The van der Waals surface area contributed by atoms with Crippen LogP contribution in [0.3, 0.4) is 0 Å². The zero-order valence-electron chi connectivity index (χ0n) is 12.3. The molecule has 1 heterocycles. The summed E-state index contributed by atoms with van der Waals surface area (Å²) in [4.78, 5) is 2.53. The number of nitrogens with zero attached hydrogens (tertiary/aromatic N) is 1. The lowest BCUT2D eigenvalue weighted by atomic mass is 10.1. The fourth-order valence-corrected chi connectivity index (χ4v) is 2.75. The molecule has 1 saturated heterocycles. The lowest BCUT2D eigenvalue weighted by molar-refractivity contribution is 0.0925. The number of hydrogen-bond acceptors (Lipinski definition) is 4. The smallest absolute Gasteiger partial charge is 0.0698 e. The van der Waals surface area contributed by atoms with E-state index in [1.807, 2.05) is 0 Å². The van der Waals surface area contributed by atoms with Gasteiger partial charge in [0.2, 0.25) is 0 Å². The van der Waals surface area contributed by atoms with Crippen molar-refractivity contribution in [2.24, 2.45) is 0 Å². The molecule has 0 aromatic heterocycles. The van der Waals surface area contributed by atoms with Gasteiger partial charge in [-0.2, -0.15) is 0 Å². The van der Waals surface area contributed by atoms with Crippen LogP contribution in [0.2, 0.25) is 0 Å². The summed E-state index contributed by atoms with van der Waals surface area (Å²) in [5.41, 5.74) is 1.39. The standard InChI is InChI=1S/C16H26N2O2/c1-14(15-5-3-2-4-6-15)18-9-7-16(13-18)17-8-11-20-12-10-19/h2-6,14,16-17,19H,7-13H2,1H3. The topological polar surface area (TPSA) is 44.7 Å². The lowest BCUT2D eigenvalue weighted by Gasteiger charge is -2.24. The molecule has 2 rings (SSSR count). The highest BCUT2D eigenvalue weighted by Gasteiger charge is 2.26. The average Bonchev–Trinajstić information content (AvgIpc) is 2.96. The van der Waals surface area contributed by atoms with Crippen LogP contribution in [0.25, 0.3) is 0 Å². The molecule has 1 aliphatic rings. The second-order valence-electron chi connectivity index (χ2n) is 5.36. The quantitative estimate of drug-likeness (QED) is 0.706. The third-order valence-corrected chi connectivity index (χ3v) is 3.96. The molecule has 20 heavy (non-hydrogen) atoms. The number of aliphatic hydroxyl groups excluding tert-OH is 1. The molecule has 2 atom stereocenters. The Labute approximate surface area is 121 Å². The number of nitrogens with one attached hydrogen (secondary N) is 1. The normalized spacial score (nSPS) is 21.2. The largest absolute Gasteiger partial charge is 0.394 e. The molecule has 2 unspecified atom stereocenters. The van der Waals surface area contributed by atoms with E-state index in [9.17, 15) is 0 Å². The molecule has 4 heteroatoms. The third kappa shape index (κ3) is 4.56. The van der Waals surface area contributed by atoms with Crippen LogP contribution in [-0.4, -0.2) is 55.5 Å². The maximum atomic E-state index is 8.63. The highest BCUT2D eigenvalue weighted by molar-refractivity contribution is 5.18. The first-order valence-corrected chi connectivity index (χ1v) is 7.52. The lowest BCUT2D eigenvalue weighted by Crippen LogP contribution is -2.35. The fraction of sp³-hybridized carbons (Fsp3) is 0.625. The third-order valence-electron chi connectivity index (χ3n) is 3.96. The van der Waals surface area contributed by atoms with Crippen molar-refractivity contribution in [1.29, 1.82) is 0 Å². The molecule has 4 nitrogen and oxygen atoms in total. The van der Waals surface area contributed by atoms with Crippen molar-refractivity contribution in [3.8, 4) is 0 Å². The monoisotopic (exact) mass is 278 g/mol. The van der Waals surface area contributed by atoms with Gasteiger partial charge in [-0.15, -0.1) is 0 Å². The van der Waals surface area contributed by atoms with Crippen molar-refractivity contribution in [3.63, 3.8) is 0 Å². The number of rotatable bonds is 8. The van der Waals surface area contributed by atoms with E-state index < -0.39 is 0 Å². The summed E-state index contributed by atoms with van der Waals surface area (Å²) >= 11 is 0. The first-order valence-electron chi connectivity index (χ1n) is 7.52. The fourth-order valence-electron chi connectivity index (χ4n) is 2.75. The predicted molar refractivity (Wildman–Crippen MR) is 80.7 cm³/mol. The Morgan fingerprint density at radius 2 is 2.15 bits per heavy atom. The maximum Gasteiger partial charge on any atom is 0.0698 e. The summed E-state index contributed by atoms with van der Waals surface area (Å²) in [6.07, 6.45) is 1.19. The Bertz CT molecular complexity index is 372. The number of aliphatic hydroxyl groups is 1. The zero-order chi connectivity index (χ0) is 14.2. The Morgan fingerprint density at radius 3 is 2.90 bits per heavy atom. The molecule has 1 aromatic carbocycles. The summed E-state index contributed by atoms with van der Waals surface area (Å²) < 4.78 is 5.26. The van der Waals surface area contributed by atoms with E-state index in [0.717, 1.165) is 19.6 Å². The first-order chi connectivity index (χ1) is 9.81. The molecule has 1 aliphatic heterocycles. The average molecular weight is 278 g/mol. The summed E-state index contributed by atoms with van der Waals surface area (Å²) in [6.45, 7) is 6.59. The van der Waals surface area contributed by atoms with Crippen LogP contribution >= 0.6 is 0 Å². The van der Waals surface area contributed by atoms with Gasteiger partial charge in [0.1, 0.15) is 0 Å². The summed E-state index contributed by atoms with van der Waals surface area (Å²) in [5.74, 6) is 0. The van der Waals surface area contributed by atoms with Gasteiger partial charge in [0, 0.05) is 31.7 Å². The molecule has 1 fully saturated rings. The summed E-state index contributed by atoms with van der Waals surface area (Å²) in [6, 6.07) is 11.7. The van der Waals surface area contributed by atoms with Gasteiger partial charge in [-0.05, 0) is 18.9 Å². The Morgan fingerprint density at radius 1 is 1.35 bits per heavy atom. The van der Waals surface area contributed by atoms with Gasteiger partial charge in [-0.25, -0.2) is 0 Å². The molecule has 0 radical (unpaired) electrons. The molecule has 1 aromatic rings. The van der Waals surface area contributed by atoms with Crippen LogP contribution in [-0.2, 0) is 4.74 Å². The van der Waals surface area contributed by atoms with Crippen molar-refractivity contribution in [2.45, 2.75) is 25.4 Å². The Balaban J connectivity index is 1.69. The van der Waals surface area contributed by atoms with Gasteiger partial charge >= 0.3 is 0 Å². The van der Waals surface area contributed by atoms with Crippen LogP contribution < -0.4 is 5.32 Å². The van der Waals surface area contributed by atoms with Crippen LogP contribution in [0.15, 0.2) is 30.3 Å². The molecule has 0 aliphatic carbocycles. The van der Waals surface area contributed by atoms with Gasteiger partial charge < -0.3 is 15.2 Å². The van der Waals surface area contributed by atoms with Crippen LogP contribution in [0, 0.1) is 0 Å². The van der Waals surface area contributed by atoms with Gasteiger partial charge in [0.05, 0.1) is 19.8 Å². The second-order valence-corrected chi connectivity index (χ2v) is 5.36. The van der Waals surface area contributed by atoms with Crippen molar-refractivity contribution < 1.29 is 9.84 Å². The molecular formula is C16H26N2O2. The highest BCUT2D eigenvalue weighted by Crippen LogP contribution is 2.24. The minimum atomic E-state index is 0.103. The van der Waals surface area contributed by atoms with Gasteiger partial charge in [-0.3, -0.25) is 4.90 Å². The molecule has 0 amide bonds. The SMILES string of the molecule is CC(c1ccccc1)N1CCC(NCCOCCO)C1. The number of ether oxygens (including phenoxy) is 1. The summed E-state index contributed by atoms with van der Waals surface area (Å²) in [5, 5.41) is 12.2. The van der Waals surface area contributed by atoms with E-state index in [4.69, 9.17) is 9.84 Å². The molecule has 0 spiro atoms. The Kier molecular flexibility index (Phi) is 6.47. The van der Waals surface area contributed by atoms with Crippen molar-refractivity contribution >= 4 is 0 Å². The first kappa shape index (κ1) is 15.4. The molecule has 2 N–H and O–H groups in total. The van der Waals surface area contributed by atoms with Gasteiger partial charge in [-0.1, -0.05) is 30.3 Å². The second kappa shape index (κ2) is 8.37. The molecular weight excluding hydrogens is 252 g/mol. The predicted octanol–water partition coefficient (Wildman–Crippen LogP) is 1.42. The minimum absolute atomic E-state index is 0.103. The number of benzene rings is 1. The number of likely N-dealkylation sites (tertiary alicyclic amines) is 1. The van der Waals surface area contributed by atoms with Crippen molar-refractivity contribution in [1.82, 2.24) is 10.2 Å². The minimum Gasteiger partial charge on any atom is -0.394 e. The van der Waals surface area contributed by atoms with Crippen LogP contribution in [0.5, 0.6) is 0 Å². The van der Waals surface area contributed by atoms with Crippen LogP contribution in [0.4, 0.5) is 0 Å². The molecule has 0 saturated carbocycles. The van der Waals surface area contributed by atoms with E-state index in [1.165, 1.54) is 12.0 Å². The van der Waals surface area contributed by atoms with E-state index in [2.05, 4.69) is 47.5 Å². The van der Waals surface area contributed by atoms with E-state index in [-0.39, 0.29) is 6.61 Å². The number of hydrogen-bond donors (Lipinski definition) is 2. The van der Waals surface area contributed by atoms with Crippen molar-refractivity contribution in [2.75, 3.05) is 39.5 Å². The van der Waals surface area contributed by atoms with E-state index in [0.29, 0.717) is 25.3 Å². The maximum absolute atomic E-state index is 8.63. The summed E-state index contributed by atoms with van der Waals surface area (Å²) in [7, 11) is 0. The van der Waals surface area contributed by atoms with E-state index >= 15 is 0 Å². The van der Waals surface area contributed by atoms with Crippen LogP contribution in [0.1, 0.15) is 24.9 Å². The molecule has 112 valence electrons. The van der Waals surface area contributed by atoms with Gasteiger partial charge in [0.25, 0.3) is 0 Å². The van der Waals surface area contributed by atoms with E-state index in [1.54, 1.807) is 0 Å². The van der Waals surface area contributed by atoms with Crippen molar-refractivity contribution in [3.05, 3.63) is 35.9 Å². The zero-order valence-corrected chi connectivity index (χ0v) is 12.3. The highest BCUT2D eigenvalue weighted by atomic mass is 16.5. The Hall–Kier alpha value is -0.940. The van der Waals surface area contributed by atoms with Gasteiger partial charge in [0.15, 0.2) is 0 Å². The molecule has 0 bridgehead atoms.